The Balaban J connectivity index is 2.39. The minimum Gasteiger partial charge on any atom is -0.497 e. The van der Waals surface area contributed by atoms with Gasteiger partial charge in [0.1, 0.15) is 27.9 Å². The average molecular weight is 381 g/mol. The second kappa shape index (κ2) is 8.29. The smallest absolute Gasteiger partial charge is 0.246 e. The fourth-order valence-electron chi connectivity index (χ4n) is 2.46. The van der Waals surface area contributed by atoms with Crippen LogP contribution in [0.25, 0.3) is 0 Å². The molecule has 0 aliphatic rings. The Hall–Kier alpha value is -2.45. The van der Waals surface area contributed by atoms with Gasteiger partial charge >= 0.3 is 0 Å². The van der Waals surface area contributed by atoms with Crippen molar-refractivity contribution in [1.29, 1.82) is 0 Å². The van der Waals surface area contributed by atoms with Gasteiger partial charge in [0.05, 0.1) is 28.4 Å². The molecule has 0 aromatic heterocycles. The zero-order valence-electron chi connectivity index (χ0n) is 15.5. The van der Waals surface area contributed by atoms with Crippen LogP contribution >= 0.6 is 0 Å². The number of hydrogen-bond acceptors (Lipinski definition) is 6. The van der Waals surface area contributed by atoms with Gasteiger partial charge < -0.3 is 18.9 Å². The summed E-state index contributed by atoms with van der Waals surface area (Å²) in [6.07, 6.45) is 0. The quantitative estimate of drug-likeness (QED) is 0.700. The lowest BCUT2D eigenvalue weighted by Gasteiger charge is -2.20. The van der Waals surface area contributed by atoms with Crippen LogP contribution in [0.5, 0.6) is 23.0 Å². The summed E-state index contributed by atoms with van der Waals surface area (Å²) in [5, 5.41) is 0. The van der Waals surface area contributed by atoms with E-state index in [2.05, 4.69) is 0 Å². The molecule has 0 spiro atoms. The van der Waals surface area contributed by atoms with Crippen molar-refractivity contribution in [2.24, 2.45) is 0 Å². The summed E-state index contributed by atoms with van der Waals surface area (Å²) < 4.78 is 48.1. The summed E-state index contributed by atoms with van der Waals surface area (Å²) in [5.41, 5.74) is 0.709. The summed E-state index contributed by atoms with van der Waals surface area (Å²) >= 11 is 0. The lowest BCUT2D eigenvalue weighted by molar-refractivity contribution is 0.380. The molecule has 0 N–H and O–H groups in total. The van der Waals surface area contributed by atoms with Gasteiger partial charge in [-0.3, -0.25) is 0 Å². The topological polar surface area (TPSA) is 74.3 Å². The van der Waals surface area contributed by atoms with Crippen molar-refractivity contribution in [1.82, 2.24) is 4.31 Å². The first-order valence-electron chi connectivity index (χ1n) is 7.76. The van der Waals surface area contributed by atoms with Gasteiger partial charge in [0.25, 0.3) is 0 Å². The van der Waals surface area contributed by atoms with Crippen molar-refractivity contribution in [2.75, 3.05) is 35.5 Å². The molecule has 142 valence electrons. The molecule has 2 aromatic carbocycles. The molecule has 0 fully saturated rings. The third-order valence-corrected chi connectivity index (χ3v) is 5.77. The minimum absolute atomic E-state index is 0.0364. The van der Waals surface area contributed by atoms with Crippen molar-refractivity contribution >= 4 is 10.0 Å². The summed E-state index contributed by atoms with van der Waals surface area (Å²) in [4.78, 5) is 0.0364. The normalized spacial score (nSPS) is 11.3. The molecule has 7 nitrogen and oxygen atoms in total. The molecule has 26 heavy (non-hydrogen) atoms. The Morgan fingerprint density at radius 2 is 1.38 bits per heavy atom. The van der Waals surface area contributed by atoms with Crippen LogP contribution in [-0.2, 0) is 16.6 Å². The van der Waals surface area contributed by atoms with Gasteiger partial charge in [-0.1, -0.05) is 6.07 Å². The molecule has 2 rings (SSSR count). The maximum atomic E-state index is 13.0. The van der Waals surface area contributed by atoms with Crippen LogP contribution in [0, 0.1) is 0 Å². The van der Waals surface area contributed by atoms with Crippen LogP contribution < -0.4 is 18.9 Å². The van der Waals surface area contributed by atoms with Crippen molar-refractivity contribution < 1.29 is 27.4 Å². The van der Waals surface area contributed by atoms with E-state index in [1.807, 2.05) is 0 Å². The summed E-state index contributed by atoms with van der Waals surface area (Å²) in [6.45, 7) is 0.121. The molecule has 0 aliphatic heterocycles. The Morgan fingerprint density at radius 1 is 0.808 bits per heavy atom. The number of ether oxygens (including phenoxy) is 4. The Labute approximate surface area is 154 Å². The largest absolute Gasteiger partial charge is 0.497 e. The molecule has 0 heterocycles. The highest BCUT2D eigenvalue weighted by Crippen LogP contribution is 2.32. The van der Waals surface area contributed by atoms with Crippen LogP contribution in [-0.4, -0.2) is 48.2 Å². The highest BCUT2D eigenvalue weighted by Gasteiger charge is 2.26. The molecule has 0 amide bonds. The van der Waals surface area contributed by atoms with Crippen LogP contribution in [0.4, 0.5) is 0 Å². The highest BCUT2D eigenvalue weighted by atomic mass is 32.2. The zero-order chi connectivity index (χ0) is 19.3. The monoisotopic (exact) mass is 381 g/mol. The van der Waals surface area contributed by atoms with Gasteiger partial charge in [-0.15, -0.1) is 0 Å². The van der Waals surface area contributed by atoms with E-state index in [4.69, 9.17) is 18.9 Å². The van der Waals surface area contributed by atoms with Gasteiger partial charge in [0, 0.05) is 31.3 Å². The lowest BCUT2D eigenvalue weighted by Crippen LogP contribution is -2.27. The highest BCUT2D eigenvalue weighted by molar-refractivity contribution is 7.89. The second-order valence-electron chi connectivity index (χ2n) is 5.46. The van der Waals surface area contributed by atoms with Gasteiger partial charge in [-0.25, -0.2) is 8.42 Å². The first kappa shape index (κ1) is 19.9. The van der Waals surface area contributed by atoms with Crippen molar-refractivity contribution in [3.05, 3.63) is 42.0 Å². The number of rotatable bonds is 8. The molecule has 0 bridgehead atoms. The standard InChI is InChI=1S/C18H23NO6S/c1-19(12-13-6-7-14(22-2)10-17(13)25-5)26(20,21)18-11-15(23-3)8-9-16(18)24-4/h6-11H,12H2,1-5H3. The van der Waals surface area contributed by atoms with Crippen LogP contribution in [0.15, 0.2) is 41.3 Å². The number of benzene rings is 2. The number of hydrogen-bond donors (Lipinski definition) is 0. The average Bonchev–Trinajstić information content (AvgIpc) is 2.67. The fraction of sp³-hybridized carbons (Fsp3) is 0.333. The van der Waals surface area contributed by atoms with E-state index in [1.165, 1.54) is 38.7 Å². The first-order chi connectivity index (χ1) is 12.4. The van der Waals surface area contributed by atoms with Gasteiger partial charge in [0.2, 0.25) is 10.0 Å². The maximum absolute atomic E-state index is 13.0. The molecule has 0 radical (unpaired) electrons. The first-order valence-corrected chi connectivity index (χ1v) is 9.20. The SMILES string of the molecule is COc1ccc(CN(C)S(=O)(=O)c2cc(OC)ccc2OC)c(OC)c1. The van der Waals surface area contributed by atoms with E-state index in [0.29, 0.717) is 22.8 Å². The van der Waals surface area contributed by atoms with E-state index in [0.717, 1.165) is 0 Å². The fourth-order valence-corrected chi connectivity index (χ4v) is 3.78. The molecular formula is C18H23NO6S. The Morgan fingerprint density at radius 3 is 1.96 bits per heavy atom. The van der Waals surface area contributed by atoms with E-state index in [9.17, 15) is 8.42 Å². The molecule has 0 atom stereocenters. The lowest BCUT2D eigenvalue weighted by atomic mass is 10.2. The third kappa shape index (κ3) is 4.03. The van der Waals surface area contributed by atoms with Gasteiger partial charge in [-0.2, -0.15) is 4.31 Å². The van der Waals surface area contributed by atoms with E-state index in [1.54, 1.807) is 37.4 Å². The Kier molecular flexibility index (Phi) is 6.33. The van der Waals surface area contributed by atoms with E-state index in [-0.39, 0.29) is 17.2 Å². The number of methoxy groups -OCH3 is 4. The molecule has 0 saturated heterocycles. The maximum Gasteiger partial charge on any atom is 0.246 e. The summed E-state index contributed by atoms with van der Waals surface area (Å²) in [7, 11) is 3.67. The van der Waals surface area contributed by atoms with Crippen molar-refractivity contribution in [3.8, 4) is 23.0 Å². The van der Waals surface area contributed by atoms with Crippen LogP contribution in [0.2, 0.25) is 0 Å². The number of nitrogens with zero attached hydrogens (tertiary/aromatic N) is 1. The van der Waals surface area contributed by atoms with Gasteiger partial charge in [0.15, 0.2) is 0 Å². The third-order valence-electron chi connectivity index (χ3n) is 3.95. The predicted molar refractivity (Wildman–Crippen MR) is 97.7 cm³/mol. The molecule has 2 aromatic rings. The summed E-state index contributed by atoms with van der Waals surface area (Å²) in [5.74, 6) is 1.86. The van der Waals surface area contributed by atoms with Crippen molar-refractivity contribution in [2.45, 2.75) is 11.4 Å². The Bertz CT molecular complexity index is 866. The van der Waals surface area contributed by atoms with E-state index >= 15 is 0 Å². The molecule has 0 unspecified atom stereocenters. The van der Waals surface area contributed by atoms with Gasteiger partial charge in [-0.05, 0) is 18.2 Å². The van der Waals surface area contributed by atoms with Crippen LogP contribution in [0.1, 0.15) is 5.56 Å². The summed E-state index contributed by atoms with van der Waals surface area (Å²) in [6, 6.07) is 9.88. The molecule has 8 heteroatoms. The number of sulfonamides is 1. The van der Waals surface area contributed by atoms with Crippen molar-refractivity contribution in [3.63, 3.8) is 0 Å². The molecule has 0 aliphatic carbocycles. The van der Waals surface area contributed by atoms with E-state index < -0.39 is 10.0 Å². The van der Waals surface area contributed by atoms with Crippen LogP contribution in [0.3, 0.4) is 0 Å². The second-order valence-corrected chi connectivity index (χ2v) is 7.47. The predicted octanol–water partition coefficient (Wildman–Crippen LogP) is 2.54. The zero-order valence-corrected chi connectivity index (χ0v) is 16.3. The minimum atomic E-state index is -3.81. The molecule has 0 saturated carbocycles. The molecular weight excluding hydrogens is 358 g/mol.